The van der Waals surface area contributed by atoms with Gasteiger partial charge in [-0.15, -0.1) is 0 Å². The number of ether oxygens (including phenoxy) is 2. The normalized spacial score (nSPS) is 26.5. The van der Waals surface area contributed by atoms with E-state index in [0.717, 1.165) is 13.0 Å². The smallest absolute Gasteiger partial charge is 0.163 e. The molecule has 1 aliphatic rings. The first kappa shape index (κ1) is 11.0. The van der Waals surface area contributed by atoms with Crippen molar-refractivity contribution >= 4 is 0 Å². The van der Waals surface area contributed by atoms with Gasteiger partial charge in [0.2, 0.25) is 0 Å². The van der Waals surface area contributed by atoms with Gasteiger partial charge in [-0.25, -0.2) is 0 Å². The van der Waals surface area contributed by atoms with E-state index in [1.807, 2.05) is 13.8 Å². The molecule has 1 aliphatic heterocycles. The summed E-state index contributed by atoms with van der Waals surface area (Å²) in [4.78, 5) is 0. The molecule has 2 heteroatoms. The summed E-state index contributed by atoms with van der Waals surface area (Å²) in [7, 11) is 0. The summed E-state index contributed by atoms with van der Waals surface area (Å²) in [5, 5.41) is 0. The molecule has 1 fully saturated rings. The molecule has 0 radical (unpaired) electrons. The van der Waals surface area contributed by atoms with Crippen LogP contribution in [-0.4, -0.2) is 18.5 Å². The van der Waals surface area contributed by atoms with Crippen molar-refractivity contribution in [2.45, 2.75) is 64.8 Å². The van der Waals surface area contributed by atoms with Crippen molar-refractivity contribution in [1.29, 1.82) is 0 Å². The molecule has 1 rings (SSSR count). The SMILES string of the molecule is CCCCCCC1COC(C)(C)O1. The summed E-state index contributed by atoms with van der Waals surface area (Å²) in [6, 6.07) is 0. The van der Waals surface area contributed by atoms with Crippen LogP contribution in [0.3, 0.4) is 0 Å². The first-order valence-corrected chi connectivity index (χ1v) is 5.46. The second-order valence-electron chi connectivity index (χ2n) is 4.30. The van der Waals surface area contributed by atoms with Crippen molar-refractivity contribution in [2.75, 3.05) is 6.61 Å². The Morgan fingerprint density at radius 3 is 2.54 bits per heavy atom. The van der Waals surface area contributed by atoms with E-state index in [9.17, 15) is 0 Å². The summed E-state index contributed by atoms with van der Waals surface area (Å²) in [5.41, 5.74) is 0. The molecule has 0 aromatic carbocycles. The Morgan fingerprint density at radius 2 is 2.00 bits per heavy atom. The van der Waals surface area contributed by atoms with Gasteiger partial charge in [-0.3, -0.25) is 0 Å². The quantitative estimate of drug-likeness (QED) is 0.614. The Kier molecular flexibility index (Phi) is 4.20. The van der Waals surface area contributed by atoms with Crippen molar-refractivity contribution in [3.05, 3.63) is 0 Å². The van der Waals surface area contributed by atoms with Crippen molar-refractivity contribution in [3.63, 3.8) is 0 Å². The van der Waals surface area contributed by atoms with Gasteiger partial charge in [0.25, 0.3) is 0 Å². The molecule has 78 valence electrons. The van der Waals surface area contributed by atoms with Crippen molar-refractivity contribution in [3.8, 4) is 0 Å². The summed E-state index contributed by atoms with van der Waals surface area (Å²) >= 11 is 0. The van der Waals surface area contributed by atoms with Gasteiger partial charge in [-0.1, -0.05) is 32.6 Å². The lowest BCUT2D eigenvalue weighted by molar-refractivity contribution is -0.139. The molecule has 1 saturated heterocycles. The van der Waals surface area contributed by atoms with Crippen LogP contribution in [0.25, 0.3) is 0 Å². The molecule has 0 aromatic rings. The molecular weight excluding hydrogens is 164 g/mol. The van der Waals surface area contributed by atoms with Crippen molar-refractivity contribution in [1.82, 2.24) is 0 Å². The van der Waals surface area contributed by atoms with Crippen molar-refractivity contribution in [2.24, 2.45) is 0 Å². The minimum Gasteiger partial charge on any atom is -0.348 e. The Hall–Kier alpha value is -0.0800. The highest BCUT2D eigenvalue weighted by atomic mass is 16.7. The van der Waals surface area contributed by atoms with Crippen LogP contribution in [0.5, 0.6) is 0 Å². The molecule has 13 heavy (non-hydrogen) atoms. The molecule has 0 bridgehead atoms. The van der Waals surface area contributed by atoms with Gasteiger partial charge in [0.15, 0.2) is 5.79 Å². The summed E-state index contributed by atoms with van der Waals surface area (Å²) in [6.45, 7) is 6.98. The molecule has 0 aromatic heterocycles. The molecule has 0 spiro atoms. The molecule has 2 nitrogen and oxygen atoms in total. The monoisotopic (exact) mass is 186 g/mol. The van der Waals surface area contributed by atoms with Crippen LogP contribution >= 0.6 is 0 Å². The number of rotatable bonds is 5. The lowest BCUT2D eigenvalue weighted by Crippen LogP contribution is -2.21. The molecule has 0 aliphatic carbocycles. The lowest BCUT2D eigenvalue weighted by Gasteiger charge is -2.16. The van der Waals surface area contributed by atoms with Gasteiger partial charge >= 0.3 is 0 Å². The molecule has 0 N–H and O–H groups in total. The zero-order chi connectivity index (χ0) is 9.73. The van der Waals surface area contributed by atoms with E-state index in [1.165, 1.54) is 25.7 Å². The zero-order valence-electron chi connectivity index (χ0n) is 9.14. The summed E-state index contributed by atoms with van der Waals surface area (Å²) < 4.78 is 11.2. The number of unbranched alkanes of at least 4 members (excludes halogenated alkanes) is 3. The number of hydrogen-bond acceptors (Lipinski definition) is 2. The van der Waals surface area contributed by atoms with Crippen LogP contribution in [0, 0.1) is 0 Å². The van der Waals surface area contributed by atoms with Gasteiger partial charge in [-0.05, 0) is 20.3 Å². The number of hydrogen-bond donors (Lipinski definition) is 0. The highest BCUT2D eigenvalue weighted by Gasteiger charge is 2.31. The summed E-state index contributed by atoms with van der Waals surface area (Å²) in [6.07, 6.45) is 6.75. The second kappa shape index (κ2) is 4.97. The van der Waals surface area contributed by atoms with Gasteiger partial charge in [0.05, 0.1) is 12.7 Å². The van der Waals surface area contributed by atoms with Crippen LogP contribution in [0.1, 0.15) is 52.9 Å². The standard InChI is InChI=1S/C11H22O2/c1-4-5-6-7-8-10-9-12-11(2,3)13-10/h10H,4-9H2,1-3H3. The maximum Gasteiger partial charge on any atom is 0.163 e. The van der Waals surface area contributed by atoms with Crippen LogP contribution in [0.15, 0.2) is 0 Å². The molecule has 0 saturated carbocycles. The van der Waals surface area contributed by atoms with Crippen LogP contribution in [-0.2, 0) is 9.47 Å². The third-order valence-corrected chi connectivity index (χ3v) is 2.45. The fourth-order valence-electron chi connectivity index (χ4n) is 1.70. The first-order chi connectivity index (χ1) is 6.14. The van der Waals surface area contributed by atoms with Gasteiger partial charge in [-0.2, -0.15) is 0 Å². The third-order valence-electron chi connectivity index (χ3n) is 2.45. The largest absolute Gasteiger partial charge is 0.348 e. The van der Waals surface area contributed by atoms with Gasteiger partial charge in [0.1, 0.15) is 0 Å². The topological polar surface area (TPSA) is 18.5 Å². The average molecular weight is 186 g/mol. The first-order valence-electron chi connectivity index (χ1n) is 5.46. The minimum atomic E-state index is -0.338. The lowest BCUT2D eigenvalue weighted by atomic mass is 10.1. The summed E-state index contributed by atoms with van der Waals surface area (Å²) in [5.74, 6) is -0.338. The van der Waals surface area contributed by atoms with Crippen molar-refractivity contribution < 1.29 is 9.47 Å². The molecule has 1 atom stereocenters. The highest BCUT2D eigenvalue weighted by Crippen LogP contribution is 2.25. The second-order valence-corrected chi connectivity index (χ2v) is 4.30. The molecule has 1 unspecified atom stereocenters. The average Bonchev–Trinajstić information content (AvgIpc) is 2.40. The van der Waals surface area contributed by atoms with E-state index >= 15 is 0 Å². The Morgan fingerprint density at radius 1 is 1.23 bits per heavy atom. The van der Waals surface area contributed by atoms with Gasteiger partial charge in [0, 0.05) is 0 Å². The van der Waals surface area contributed by atoms with E-state index in [-0.39, 0.29) is 5.79 Å². The molecule has 1 heterocycles. The predicted octanol–water partition coefficient (Wildman–Crippen LogP) is 3.11. The fourth-order valence-corrected chi connectivity index (χ4v) is 1.70. The van der Waals surface area contributed by atoms with E-state index in [1.54, 1.807) is 0 Å². The van der Waals surface area contributed by atoms with Crippen LogP contribution < -0.4 is 0 Å². The van der Waals surface area contributed by atoms with E-state index < -0.39 is 0 Å². The highest BCUT2D eigenvalue weighted by molar-refractivity contribution is 4.70. The fraction of sp³-hybridized carbons (Fsp3) is 1.00. The minimum absolute atomic E-state index is 0.338. The van der Waals surface area contributed by atoms with Crippen LogP contribution in [0.4, 0.5) is 0 Å². The Bertz CT molecular complexity index is 143. The third kappa shape index (κ3) is 4.10. The maximum absolute atomic E-state index is 5.71. The Balaban J connectivity index is 2.04. The predicted molar refractivity (Wildman–Crippen MR) is 53.7 cm³/mol. The van der Waals surface area contributed by atoms with Crippen LogP contribution in [0.2, 0.25) is 0 Å². The maximum atomic E-state index is 5.71. The Labute approximate surface area is 81.6 Å². The van der Waals surface area contributed by atoms with E-state index in [4.69, 9.17) is 9.47 Å². The molecular formula is C11H22O2. The van der Waals surface area contributed by atoms with Gasteiger partial charge < -0.3 is 9.47 Å². The molecule has 0 amide bonds. The van der Waals surface area contributed by atoms with E-state index in [0.29, 0.717) is 6.10 Å². The van der Waals surface area contributed by atoms with E-state index in [2.05, 4.69) is 6.92 Å². The zero-order valence-corrected chi connectivity index (χ0v) is 9.14.